The molecule has 0 bridgehead atoms. The average Bonchev–Trinajstić information content (AvgIpc) is 3.31. The third-order valence-corrected chi connectivity index (χ3v) is 7.78. The molecule has 0 amide bonds. The van der Waals surface area contributed by atoms with Gasteiger partial charge >= 0.3 is 5.97 Å². The Kier molecular flexibility index (Phi) is 6.90. The van der Waals surface area contributed by atoms with Crippen LogP contribution in [0.1, 0.15) is 36.5 Å². The maximum atomic E-state index is 12.9. The molecule has 1 atom stereocenters. The van der Waals surface area contributed by atoms with Gasteiger partial charge in [0.1, 0.15) is 0 Å². The molecule has 0 aliphatic carbocycles. The van der Waals surface area contributed by atoms with Crippen molar-refractivity contribution in [2.75, 3.05) is 16.6 Å². The van der Waals surface area contributed by atoms with Gasteiger partial charge in [-0.2, -0.15) is 10.2 Å². The SMILES string of the molecule is CCOC(=O)C1=NN(c2cccc([N+](=O)[O-])c2)[C@]2(CCC(c3cc(C)ccc3C)=NN2c2ccccc2)S1. The zero-order valence-electron chi connectivity index (χ0n) is 21.3. The molecule has 0 saturated carbocycles. The quantitative estimate of drug-likeness (QED) is 0.219. The van der Waals surface area contributed by atoms with E-state index in [2.05, 4.69) is 37.1 Å². The predicted octanol–water partition coefficient (Wildman–Crippen LogP) is 6.00. The number of nitro benzene ring substituents is 1. The van der Waals surface area contributed by atoms with E-state index in [1.807, 2.05) is 35.3 Å². The number of nitro groups is 1. The van der Waals surface area contributed by atoms with Crippen molar-refractivity contribution < 1.29 is 14.5 Å². The number of non-ortho nitro benzene ring substituents is 1. The van der Waals surface area contributed by atoms with E-state index in [4.69, 9.17) is 9.84 Å². The van der Waals surface area contributed by atoms with Crippen molar-refractivity contribution in [3.8, 4) is 0 Å². The van der Waals surface area contributed by atoms with Crippen LogP contribution in [0.2, 0.25) is 0 Å². The topological polar surface area (TPSA) is 101 Å². The lowest BCUT2D eigenvalue weighted by molar-refractivity contribution is -0.384. The minimum absolute atomic E-state index is 0.0657. The van der Waals surface area contributed by atoms with Crippen molar-refractivity contribution in [3.05, 3.63) is 99.6 Å². The lowest BCUT2D eigenvalue weighted by Crippen LogP contribution is -2.56. The highest BCUT2D eigenvalue weighted by Gasteiger charge is 2.53. The average molecular weight is 530 g/mol. The van der Waals surface area contributed by atoms with Gasteiger partial charge < -0.3 is 4.74 Å². The summed E-state index contributed by atoms with van der Waals surface area (Å²) in [5.74, 6) is -0.540. The highest BCUT2D eigenvalue weighted by atomic mass is 32.2. The first-order valence-electron chi connectivity index (χ1n) is 12.3. The number of anilines is 2. The second kappa shape index (κ2) is 10.3. The van der Waals surface area contributed by atoms with Gasteiger partial charge in [-0.05, 0) is 68.8 Å². The maximum absolute atomic E-state index is 12.9. The fraction of sp³-hybridized carbons (Fsp3) is 0.250. The zero-order chi connectivity index (χ0) is 26.9. The third kappa shape index (κ3) is 4.63. The lowest BCUT2D eigenvalue weighted by Gasteiger charge is -2.46. The van der Waals surface area contributed by atoms with Crippen molar-refractivity contribution in [3.63, 3.8) is 0 Å². The van der Waals surface area contributed by atoms with Crippen LogP contribution < -0.4 is 10.0 Å². The summed E-state index contributed by atoms with van der Waals surface area (Å²) in [4.78, 5) is 23.0. The molecule has 0 saturated heterocycles. The molecule has 38 heavy (non-hydrogen) atoms. The largest absolute Gasteiger partial charge is 0.461 e. The van der Waals surface area contributed by atoms with E-state index in [0.717, 1.165) is 28.1 Å². The second-order valence-corrected chi connectivity index (χ2v) is 10.3. The summed E-state index contributed by atoms with van der Waals surface area (Å²) in [6, 6.07) is 22.2. The Balaban J connectivity index is 1.69. The van der Waals surface area contributed by atoms with Gasteiger partial charge in [0.25, 0.3) is 5.69 Å². The normalized spacial score (nSPS) is 18.8. The molecule has 5 rings (SSSR count). The number of hydrogen-bond donors (Lipinski definition) is 0. The number of rotatable bonds is 6. The summed E-state index contributed by atoms with van der Waals surface area (Å²) in [7, 11) is 0. The number of carbonyl (C=O) groups is 1. The van der Waals surface area contributed by atoms with Crippen molar-refractivity contribution in [1.29, 1.82) is 0 Å². The van der Waals surface area contributed by atoms with Crippen molar-refractivity contribution in [2.45, 2.75) is 38.6 Å². The van der Waals surface area contributed by atoms with Gasteiger partial charge in [-0.1, -0.05) is 42.0 Å². The first kappa shape index (κ1) is 25.5. The standard InChI is InChI=1S/C28H27N5O4S/c1-4-37-27(34)26-30-32(22-11-8-12-23(18-22)33(35)36)28(38-26)16-15-25(24-17-19(2)13-14-20(24)3)29-31(28)21-9-6-5-7-10-21/h5-14,17-18H,4,15-16H2,1-3H3/t28-/m1/s1. The minimum Gasteiger partial charge on any atom is -0.461 e. The van der Waals surface area contributed by atoms with Crippen molar-refractivity contribution >= 4 is 45.5 Å². The van der Waals surface area contributed by atoms with Crippen LogP contribution in [0.5, 0.6) is 0 Å². The Hall–Kier alpha value is -4.18. The number of thioether (sulfide) groups is 1. The maximum Gasteiger partial charge on any atom is 0.365 e. The summed E-state index contributed by atoms with van der Waals surface area (Å²) >= 11 is 1.26. The van der Waals surface area contributed by atoms with E-state index >= 15 is 0 Å². The number of benzene rings is 3. The zero-order valence-corrected chi connectivity index (χ0v) is 22.1. The Labute approximate surface area is 224 Å². The van der Waals surface area contributed by atoms with E-state index in [1.165, 1.54) is 23.9 Å². The molecule has 9 nitrogen and oxygen atoms in total. The van der Waals surface area contributed by atoms with Crippen LogP contribution in [0.4, 0.5) is 17.1 Å². The highest BCUT2D eigenvalue weighted by molar-refractivity contribution is 8.17. The Morgan fingerprint density at radius 1 is 1.03 bits per heavy atom. The van der Waals surface area contributed by atoms with Crippen LogP contribution in [0, 0.1) is 24.0 Å². The van der Waals surface area contributed by atoms with E-state index in [0.29, 0.717) is 18.5 Å². The minimum atomic E-state index is -0.986. The van der Waals surface area contributed by atoms with Crippen molar-refractivity contribution in [2.24, 2.45) is 10.2 Å². The molecule has 0 fully saturated rings. The van der Waals surface area contributed by atoms with Crippen molar-refractivity contribution in [1.82, 2.24) is 0 Å². The molecule has 3 aromatic rings. The molecular weight excluding hydrogens is 502 g/mol. The van der Waals surface area contributed by atoms with E-state index < -0.39 is 15.9 Å². The number of aryl methyl sites for hydroxylation is 2. The summed E-state index contributed by atoms with van der Waals surface area (Å²) in [5.41, 5.74) is 5.47. The van der Waals surface area contributed by atoms with E-state index in [-0.39, 0.29) is 17.3 Å². The first-order chi connectivity index (χ1) is 18.3. The molecule has 0 radical (unpaired) electrons. The molecule has 2 aliphatic rings. The number of nitrogens with zero attached hydrogens (tertiary/aromatic N) is 5. The fourth-order valence-corrected chi connectivity index (χ4v) is 5.89. The molecule has 0 aromatic heterocycles. The monoisotopic (exact) mass is 529 g/mol. The van der Waals surface area contributed by atoms with Gasteiger partial charge in [0.15, 0.2) is 0 Å². The molecule has 194 valence electrons. The number of esters is 1. The number of hydrogen-bond acceptors (Lipinski definition) is 9. The smallest absolute Gasteiger partial charge is 0.365 e. The summed E-state index contributed by atoms with van der Waals surface area (Å²) < 4.78 is 5.29. The summed E-state index contributed by atoms with van der Waals surface area (Å²) in [6.45, 7) is 6.07. The van der Waals surface area contributed by atoms with Gasteiger partial charge in [0.05, 0.1) is 28.6 Å². The highest BCUT2D eigenvalue weighted by Crippen LogP contribution is 2.50. The lowest BCUT2D eigenvalue weighted by atomic mass is 9.96. The van der Waals surface area contributed by atoms with Crippen LogP contribution in [-0.2, 0) is 9.53 Å². The molecule has 0 N–H and O–H groups in total. The van der Waals surface area contributed by atoms with Crippen LogP contribution in [-0.4, -0.2) is 33.2 Å². The van der Waals surface area contributed by atoms with Gasteiger partial charge in [-0.15, -0.1) is 0 Å². The van der Waals surface area contributed by atoms with Crippen LogP contribution in [0.25, 0.3) is 0 Å². The van der Waals surface area contributed by atoms with Gasteiger partial charge in [-0.3, -0.25) is 10.1 Å². The Morgan fingerprint density at radius 2 is 1.76 bits per heavy atom. The molecule has 10 heteroatoms. The summed E-state index contributed by atoms with van der Waals surface area (Å²) in [5, 5.41) is 25.1. The number of ether oxygens (including phenoxy) is 1. The van der Waals surface area contributed by atoms with E-state index in [9.17, 15) is 14.9 Å². The molecule has 0 unspecified atom stereocenters. The van der Waals surface area contributed by atoms with Crippen LogP contribution in [0.3, 0.4) is 0 Å². The van der Waals surface area contributed by atoms with Gasteiger partial charge in [-0.25, -0.2) is 14.8 Å². The molecule has 2 aliphatic heterocycles. The fourth-order valence-electron chi connectivity index (χ4n) is 4.65. The number of carbonyl (C=O) groups excluding carboxylic acids is 1. The van der Waals surface area contributed by atoms with Crippen LogP contribution in [0.15, 0.2) is 83.0 Å². The molecule has 3 aromatic carbocycles. The summed E-state index contributed by atoms with van der Waals surface area (Å²) in [6.07, 6.45) is 1.14. The van der Waals surface area contributed by atoms with E-state index in [1.54, 1.807) is 24.1 Å². The van der Waals surface area contributed by atoms with Gasteiger partial charge in [0, 0.05) is 24.1 Å². The predicted molar refractivity (Wildman–Crippen MR) is 151 cm³/mol. The molecule has 1 spiro atoms. The Morgan fingerprint density at radius 3 is 2.50 bits per heavy atom. The molecular formula is C28H27N5O4S. The molecule has 2 heterocycles. The van der Waals surface area contributed by atoms with Crippen LogP contribution >= 0.6 is 11.8 Å². The number of hydrazone groups is 2. The first-order valence-corrected chi connectivity index (χ1v) is 13.1. The number of para-hydroxylation sites is 1. The Bertz CT molecular complexity index is 1460. The van der Waals surface area contributed by atoms with Gasteiger partial charge in [0.2, 0.25) is 10.0 Å². The third-order valence-electron chi connectivity index (χ3n) is 6.46. The second-order valence-electron chi connectivity index (χ2n) is 9.07.